The maximum absolute atomic E-state index is 12.8. The van der Waals surface area contributed by atoms with Crippen LogP contribution in [0.2, 0.25) is 0 Å². The SMILES string of the molecule is O=C1CC2(CCN(C(=O)c3cnc4cc[nH]c4c3)CC2)Cc2cn[nH]c21. The lowest BCUT2D eigenvalue weighted by Crippen LogP contribution is -2.46. The number of carbonyl (C=O) groups is 2. The minimum absolute atomic E-state index is 0.00925. The van der Waals surface area contributed by atoms with Gasteiger partial charge in [-0.1, -0.05) is 0 Å². The van der Waals surface area contributed by atoms with E-state index in [0.29, 0.717) is 30.8 Å². The fourth-order valence-electron chi connectivity index (χ4n) is 4.35. The number of aromatic amines is 2. The van der Waals surface area contributed by atoms with Gasteiger partial charge in [0.2, 0.25) is 0 Å². The van der Waals surface area contributed by atoms with Crippen LogP contribution in [-0.4, -0.2) is 49.8 Å². The summed E-state index contributed by atoms with van der Waals surface area (Å²) in [7, 11) is 0. The minimum atomic E-state index is -0.0353. The van der Waals surface area contributed by atoms with Gasteiger partial charge in [0, 0.05) is 37.5 Å². The third-order valence-corrected chi connectivity index (χ3v) is 5.85. The van der Waals surface area contributed by atoms with Crippen molar-refractivity contribution in [1.29, 1.82) is 0 Å². The molecule has 2 N–H and O–H groups in total. The Morgan fingerprint density at radius 3 is 2.88 bits per heavy atom. The number of carbonyl (C=O) groups excluding carboxylic acids is 2. The number of aromatic nitrogens is 4. The first-order valence-corrected chi connectivity index (χ1v) is 8.91. The molecular weight excluding hydrogens is 330 g/mol. The molecular formula is C19H19N5O2. The van der Waals surface area contributed by atoms with Crippen molar-refractivity contribution in [2.75, 3.05) is 13.1 Å². The summed E-state index contributed by atoms with van der Waals surface area (Å²) in [5, 5.41) is 6.83. The predicted molar refractivity (Wildman–Crippen MR) is 94.9 cm³/mol. The van der Waals surface area contributed by atoms with Crippen molar-refractivity contribution < 1.29 is 9.59 Å². The number of likely N-dealkylation sites (tertiary alicyclic amines) is 1. The number of piperidine rings is 1. The quantitative estimate of drug-likeness (QED) is 0.705. The molecule has 26 heavy (non-hydrogen) atoms. The number of Topliss-reactive ketones (excluding diaryl/α,β-unsaturated/α-hetero) is 1. The van der Waals surface area contributed by atoms with Gasteiger partial charge in [-0.05, 0) is 36.8 Å². The third kappa shape index (κ3) is 2.34. The van der Waals surface area contributed by atoms with Crippen molar-refractivity contribution in [2.45, 2.75) is 25.7 Å². The Bertz CT molecular complexity index is 1010. The van der Waals surface area contributed by atoms with Crippen LogP contribution in [0.5, 0.6) is 0 Å². The topological polar surface area (TPSA) is 94.7 Å². The number of fused-ring (bicyclic) bond motifs is 2. The number of nitrogens with zero attached hydrogens (tertiary/aromatic N) is 3. The Hall–Kier alpha value is -2.96. The van der Waals surface area contributed by atoms with E-state index >= 15 is 0 Å². The Labute approximate surface area is 149 Å². The molecule has 0 radical (unpaired) electrons. The highest BCUT2D eigenvalue weighted by atomic mass is 16.2. The maximum atomic E-state index is 12.8. The molecule has 1 amide bonds. The molecule has 1 spiro atoms. The highest BCUT2D eigenvalue weighted by molar-refractivity contribution is 5.98. The summed E-state index contributed by atoms with van der Waals surface area (Å²) in [6, 6.07) is 3.75. The van der Waals surface area contributed by atoms with E-state index in [0.717, 1.165) is 35.9 Å². The van der Waals surface area contributed by atoms with Gasteiger partial charge in [0.05, 0.1) is 22.8 Å². The molecule has 3 aromatic heterocycles. The van der Waals surface area contributed by atoms with E-state index in [4.69, 9.17) is 0 Å². The fraction of sp³-hybridized carbons (Fsp3) is 0.368. The first kappa shape index (κ1) is 15.3. The molecule has 1 saturated heterocycles. The van der Waals surface area contributed by atoms with Gasteiger partial charge in [-0.2, -0.15) is 5.10 Å². The number of hydrogen-bond donors (Lipinski definition) is 2. The Morgan fingerprint density at radius 1 is 1.19 bits per heavy atom. The highest BCUT2D eigenvalue weighted by Gasteiger charge is 2.42. The van der Waals surface area contributed by atoms with Gasteiger partial charge in [-0.15, -0.1) is 0 Å². The largest absolute Gasteiger partial charge is 0.360 e. The van der Waals surface area contributed by atoms with E-state index in [9.17, 15) is 9.59 Å². The number of nitrogens with one attached hydrogen (secondary N) is 2. The summed E-state index contributed by atoms with van der Waals surface area (Å²) < 4.78 is 0. The lowest BCUT2D eigenvalue weighted by atomic mass is 9.67. The number of H-pyrrole nitrogens is 2. The monoisotopic (exact) mass is 349 g/mol. The molecule has 7 nitrogen and oxygen atoms in total. The molecule has 2 aliphatic rings. The van der Waals surface area contributed by atoms with Crippen molar-refractivity contribution in [1.82, 2.24) is 25.1 Å². The van der Waals surface area contributed by atoms with Crippen LogP contribution in [0, 0.1) is 5.41 Å². The third-order valence-electron chi connectivity index (χ3n) is 5.85. The number of ketones is 1. The fourth-order valence-corrected chi connectivity index (χ4v) is 4.35. The first-order valence-electron chi connectivity index (χ1n) is 8.91. The number of pyridine rings is 1. The molecule has 0 aromatic carbocycles. The molecule has 1 fully saturated rings. The second kappa shape index (κ2) is 5.52. The maximum Gasteiger partial charge on any atom is 0.255 e. The number of rotatable bonds is 1. The van der Waals surface area contributed by atoms with Gasteiger partial charge in [-0.3, -0.25) is 19.7 Å². The van der Waals surface area contributed by atoms with Gasteiger partial charge in [0.1, 0.15) is 5.69 Å². The Kier molecular flexibility index (Phi) is 3.25. The van der Waals surface area contributed by atoms with Gasteiger partial charge in [-0.25, -0.2) is 0 Å². The van der Waals surface area contributed by atoms with Crippen molar-refractivity contribution in [3.05, 3.63) is 47.5 Å². The average molecular weight is 349 g/mol. The summed E-state index contributed by atoms with van der Waals surface area (Å²) in [5.41, 5.74) is 3.98. The normalized spacial score (nSPS) is 19.1. The zero-order chi connectivity index (χ0) is 17.7. The predicted octanol–water partition coefficient (Wildman–Crippen LogP) is 2.34. The smallest absolute Gasteiger partial charge is 0.255 e. The second-order valence-electron chi connectivity index (χ2n) is 7.47. The highest BCUT2D eigenvalue weighted by Crippen LogP contribution is 2.43. The summed E-state index contributed by atoms with van der Waals surface area (Å²) in [4.78, 5) is 34.6. The van der Waals surface area contributed by atoms with Crippen molar-refractivity contribution >= 4 is 22.7 Å². The second-order valence-corrected chi connectivity index (χ2v) is 7.47. The summed E-state index contributed by atoms with van der Waals surface area (Å²) in [5.74, 6) is 0.153. The first-order chi connectivity index (χ1) is 12.6. The van der Waals surface area contributed by atoms with Gasteiger partial charge in [0.25, 0.3) is 5.91 Å². The lowest BCUT2D eigenvalue weighted by Gasteiger charge is -2.43. The molecule has 1 aliphatic carbocycles. The van der Waals surface area contributed by atoms with Crippen LogP contribution in [-0.2, 0) is 6.42 Å². The van der Waals surface area contributed by atoms with Crippen LogP contribution < -0.4 is 0 Å². The van der Waals surface area contributed by atoms with Gasteiger partial charge < -0.3 is 9.88 Å². The van der Waals surface area contributed by atoms with E-state index in [2.05, 4.69) is 20.2 Å². The molecule has 132 valence electrons. The zero-order valence-corrected chi connectivity index (χ0v) is 14.3. The van der Waals surface area contributed by atoms with E-state index < -0.39 is 0 Å². The minimum Gasteiger partial charge on any atom is -0.360 e. The summed E-state index contributed by atoms with van der Waals surface area (Å²) in [6.45, 7) is 1.34. The average Bonchev–Trinajstić information content (AvgIpc) is 3.30. The molecule has 1 aliphatic heterocycles. The van der Waals surface area contributed by atoms with Crippen LogP contribution in [0.1, 0.15) is 45.7 Å². The molecule has 5 rings (SSSR count). The van der Waals surface area contributed by atoms with E-state index in [1.807, 2.05) is 23.2 Å². The molecule has 3 aromatic rings. The molecule has 0 unspecified atom stereocenters. The number of amides is 1. The van der Waals surface area contributed by atoms with E-state index in [-0.39, 0.29) is 17.1 Å². The van der Waals surface area contributed by atoms with Gasteiger partial charge in [0.15, 0.2) is 5.78 Å². The van der Waals surface area contributed by atoms with Crippen LogP contribution in [0.4, 0.5) is 0 Å². The Morgan fingerprint density at radius 2 is 2.04 bits per heavy atom. The van der Waals surface area contributed by atoms with E-state index in [1.54, 1.807) is 12.4 Å². The summed E-state index contributed by atoms with van der Waals surface area (Å²) >= 11 is 0. The molecule has 0 atom stereocenters. The van der Waals surface area contributed by atoms with Crippen molar-refractivity contribution in [3.8, 4) is 0 Å². The van der Waals surface area contributed by atoms with Crippen LogP contribution >= 0.6 is 0 Å². The molecule has 0 bridgehead atoms. The van der Waals surface area contributed by atoms with E-state index in [1.165, 1.54) is 0 Å². The molecule has 4 heterocycles. The van der Waals surface area contributed by atoms with Gasteiger partial charge >= 0.3 is 0 Å². The summed E-state index contributed by atoms with van der Waals surface area (Å²) in [6.07, 6.45) is 8.32. The van der Waals surface area contributed by atoms with Crippen molar-refractivity contribution in [2.24, 2.45) is 5.41 Å². The number of hydrogen-bond acceptors (Lipinski definition) is 4. The molecule has 0 saturated carbocycles. The zero-order valence-electron chi connectivity index (χ0n) is 14.3. The van der Waals surface area contributed by atoms with Crippen LogP contribution in [0.15, 0.2) is 30.7 Å². The lowest BCUT2D eigenvalue weighted by molar-refractivity contribution is 0.0519. The van der Waals surface area contributed by atoms with Crippen LogP contribution in [0.3, 0.4) is 0 Å². The standard InChI is InChI=1S/C19H19N5O2/c25-16-9-19(8-13-11-22-23-17(13)16)2-5-24(6-3-19)18(26)12-7-15-14(21-10-12)1-4-20-15/h1,4,7,10-11,20H,2-3,5-6,8-9H2,(H,22,23). The molecule has 7 heteroatoms. The Balaban J connectivity index is 1.32. The van der Waals surface area contributed by atoms with Crippen molar-refractivity contribution in [3.63, 3.8) is 0 Å². The van der Waals surface area contributed by atoms with Crippen LogP contribution in [0.25, 0.3) is 11.0 Å².